The fourth-order valence-electron chi connectivity index (χ4n) is 9.62. The van der Waals surface area contributed by atoms with Crippen molar-refractivity contribution < 1.29 is 9.90 Å². The highest BCUT2D eigenvalue weighted by atomic mass is 31.3. The highest BCUT2D eigenvalue weighted by Crippen LogP contribution is 2.93. The summed E-state index contributed by atoms with van der Waals surface area (Å²) in [5, 5.41) is 9.95. The van der Waals surface area contributed by atoms with E-state index < -0.39 is 20.8 Å². The number of carboxylic acids is 1. The first-order valence-corrected chi connectivity index (χ1v) is 19.6. The van der Waals surface area contributed by atoms with Crippen LogP contribution in [0.5, 0.6) is 0 Å². The molecule has 3 nitrogen and oxygen atoms in total. The van der Waals surface area contributed by atoms with Gasteiger partial charge < -0.3 is 5.11 Å². The zero-order chi connectivity index (χ0) is 23.4. The molecule has 1 heterocycles. The molecule has 0 amide bonds. The van der Waals surface area contributed by atoms with Gasteiger partial charge in [0.25, 0.3) is 0 Å². The molecule has 5 aliphatic rings. The van der Waals surface area contributed by atoms with Crippen LogP contribution in [0.2, 0.25) is 0 Å². The normalized spacial score (nSPS) is 30.5. The summed E-state index contributed by atoms with van der Waals surface area (Å²) in [5.41, 5.74) is 3.80. The van der Waals surface area contributed by atoms with Gasteiger partial charge in [0.05, 0.1) is 35.6 Å². The standard InChI is InChI=1S/C29H52NO2P2/c31-29(32)21-22-30-33(25-13-5-1-6-14-25,26-15-7-2-8-16-26)23-24-34(30,27-17-9-3-10-18-27)28-19-11-4-12-20-28/h25-28H,1-24H2/q+1/p+1. The van der Waals surface area contributed by atoms with Crippen molar-refractivity contribution in [1.82, 2.24) is 4.44 Å². The second-order valence-electron chi connectivity index (χ2n) is 12.6. The van der Waals surface area contributed by atoms with E-state index in [1.807, 2.05) is 0 Å². The molecule has 0 atom stereocenters. The van der Waals surface area contributed by atoms with Gasteiger partial charge in [-0.15, -0.1) is 0 Å². The molecule has 1 aliphatic heterocycles. The fourth-order valence-corrected chi connectivity index (χ4v) is 27.6. The van der Waals surface area contributed by atoms with Gasteiger partial charge in [-0.05, 0) is 103 Å². The predicted molar refractivity (Wildman–Crippen MR) is 150 cm³/mol. The lowest BCUT2D eigenvalue weighted by molar-refractivity contribution is -0.137. The molecule has 0 bridgehead atoms. The maximum Gasteiger partial charge on any atom is 0.304 e. The van der Waals surface area contributed by atoms with E-state index in [2.05, 4.69) is 4.44 Å². The molecular weight excluding hydrogens is 456 g/mol. The van der Waals surface area contributed by atoms with E-state index >= 15 is 0 Å². The summed E-state index contributed by atoms with van der Waals surface area (Å²) in [6.45, 7) is 0.927. The van der Waals surface area contributed by atoms with Crippen molar-refractivity contribution in [2.75, 3.05) is 18.9 Å². The van der Waals surface area contributed by atoms with Crippen LogP contribution in [0.4, 0.5) is 0 Å². The number of hydrogen-bond donors (Lipinski definition) is 1. The minimum atomic E-state index is -1.30. The SMILES string of the molecule is O=C(O)CCN1[P+](C2CCCCC2)(C2CCCCC2)CC[P+]1(C1CCCCC1)C1CCCCC1. The van der Waals surface area contributed by atoms with Crippen LogP contribution in [-0.4, -0.2) is 57.0 Å². The summed E-state index contributed by atoms with van der Waals surface area (Å²) in [6.07, 6.45) is 32.7. The molecular formula is C29H53NO2P2+2. The highest BCUT2D eigenvalue weighted by molar-refractivity contribution is 7.92. The van der Waals surface area contributed by atoms with E-state index in [9.17, 15) is 9.90 Å². The van der Waals surface area contributed by atoms with Gasteiger partial charge in [0.15, 0.2) is 0 Å². The van der Waals surface area contributed by atoms with Crippen LogP contribution in [0.15, 0.2) is 0 Å². The molecule has 194 valence electrons. The summed E-state index contributed by atoms with van der Waals surface area (Å²) in [6, 6.07) is 0. The third-order valence-corrected chi connectivity index (χ3v) is 24.5. The Kier molecular flexibility index (Phi) is 8.98. The van der Waals surface area contributed by atoms with Crippen LogP contribution >= 0.6 is 14.8 Å². The lowest BCUT2D eigenvalue weighted by Crippen LogP contribution is -2.42. The summed E-state index contributed by atoms with van der Waals surface area (Å²) < 4.78 is 3.31. The molecule has 5 heteroatoms. The molecule has 1 saturated heterocycles. The lowest BCUT2D eigenvalue weighted by Gasteiger charge is -2.49. The summed E-state index contributed by atoms with van der Waals surface area (Å²) in [5.74, 6) is -0.539. The van der Waals surface area contributed by atoms with Gasteiger partial charge in [0.1, 0.15) is 27.2 Å². The number of hydrogen-bond acceptors (Lipinski definition) is 2. The molecule has 0 aromatic heterocycles. The van der Waals surface area contributed by atoms with Crippen LogP contribution in [0.1, 0.15) is 135 Å². The van der Waals surface area contributed by atoms with E-state index in [-0.39, 0.29) is 0 Å². The molecule has 0 aromatic carbocycles. The molecule has 34 heavy (non-hydrogen) atoms. The average molecular weight is 510 g/mol. The van der Waals surface area contributed by atoms with Crippen LogP contribution in [-0.2, 0) is 4.79 Å². The largest absolute Gasteiger partial charge is 0.481 e. The van der Waals surface area contributed by atoms with Gasteiger partial charge in [-0.2, -0.15) is 0 Å². The van der Waals surface area contributed by atoms with E-state index in [1.165, 1.54) is 128 Å². The van der Waals surface area contributed by atoms with Gasteiger partial charge in [-0.3, -0.25) is 4.79 Å². The number of aliphatic carboxylic acids is 1. The Balaban J connectivity index is 1.60. The first-order chi connectivity index (χ1) is 16.7. The topological polar surface area (TPSA) is 40.5 Å². The highest BCUT2D eigenvalue weighted by Gasteiger charge is 2.75. The molecule has 0 aromatic rings. The van der Waals surface area contributed by atoms with E-state index in [1.54, 1.807) is 12.3 Å². The third-order valence-electron chi connectivity index (χ3n) is 11.0. The zero-order valence-electron chi connectivity index (χ0n) is 22.0. The quantitative estimate of drug-likeness (QED) is 0.348. The minimum absolute atomic E-state index is 0.405. The molecule has 4 aliphatic carbocycles. The Bertz CT molecular complexity index is 577. The molecule has 5 fully saturated rings. The monoisotopic (exact) mass is 509 g/mol. The molecule has 4 saturated carbocycles. The van der Waals surface area contributed by atoms with Gasteiger partial charge in [-0.1, -0.05) is 30.1 Å². The predicted octanol–water partition coefficient (Wildman–Crippen LogP) is 8.97. The van der Waals surface area contributed by atoms with Crippen molar-refractivity contribution >= 4 is 20.8 Å². The van der Waals surface area contributed by atoms with Crippen molar-refractivity contribution in [3.05, 3.63) is 0 Å². The first-order valence-electron chi connectivity index (χ1n) is 15.4. The van der Waals surface area contributed by atoms with Gasteiger partial charge >= 0.3 is 5.97 Å². The molecule has 0 unspecified atom stereocenters. The van der Waals surface area contributed by atoms with Crippen molar-refractivity contribution in [2.45, 2.75) is 157 Å². The second kappa shape index (κ2) is 11.8. The Morgan fingerprint density at radius 1 is 0.559 bits per heavy atom. The van der Waals surface area contributed by atoms with Crippen LogP contribution in [0.3, 0.4) is 0 Å². The smallest absolute Gasteiger partial charge is 0.304 e. The lowest BCUT2D eigenvalue weighted by atomic mass is 9.99. The molecule has 0 radical (unpaired) electrons. The zero-order valence-corrected chi connectivity index (χ0v) is 23.8. The van der Waals surface area contributed by atoms with Gasteiger partial charge in [0, 0.05) is 0 Å². The maximum absolute atomic E-state index is 12.1. The van der Waals surface area contributed by atoms with Crippen molar-refractivity contribution in [2.24, 2.45) is 0 Å². The fraction of sp³-hybridized carbons (Fsp3) is 0.966. The molecule has 1 N–H and O–H groups in total. The number of carbonyl (C=O) groups is 1. The first kappa shape index (κ1) is 25.9. The number of nitrogens with zero attached hydrogens (tertiary/aromatic N) is 1. The van der Waals surface area contributed by atoms with Crippen molar-refractivity contribution in [3.8, 4) is 0 Å². The molecule has 0 spiro atoms. The Labute approximate surface area is 211 Å². The number of rotatable bonds is 7. The van der Waals surface area contributed by atoms with Crippen LogP contribution in [0, 0.1) is 0 Å². The summed E-state index contributed by atoms with van der Waals surface area (Å²) in [7, 11) is -2.60. The maximum atomic E-state index is 12.1. The minimum Gasteiger partial charge on any atom is -0.481 e. The number of carboxylic acid groups (broad SMARTS) is 1. The van der Waals surface area contributed by atoms with E-state index in [4.69, 9.17) is 0 Å². The summed E-state index contributed by atoms with van der Waals surface area (Å²) >= 11 is 0. The second-order valence-corrected chi connectivity index (χ2v) is 21.3. The third kappa shape index (κ3) is 4.90. The Morgan fingerprint density at radius 2 is 0.853 bits per heavy atom. The van der Waals surface area contributed by atoms with Crippen LogP contribution in [0.25, 0.3) is 0 Å². The van der Waals surface area contributed by atoms with Crippen LogP contribution < -0.4 is 0 Å². The van der Waals surface area contributed by atoms with Gasteiger partial charge in [-0.25, -0.2) is 0 Å². The summed E-state index contributed by atoms with van der Waals surface area (Å²) in [4.78, 5) is 12.1. The molecule has 5 rings (SSSR count). The Morgan fingerprint density at radius 3 is 1.12 bits per heavy atom. The van der Waals surface area contributed by atoms with E-state index in [0.717, 1.165) is 29.2 Å². The van der Waals surface area contributed by atoms with E-state index in [0.29, 0.717) is 6.42 Å². The van der Waals surface area contributed by atoms with Crippen molar-refractivity contribution in [3.63, 3.8) is 0 Å². The van der Waals surface area contributed by atoms with Gasteiger partial charge in [0.2, 0.25) is 0 Å². The average Bonchev–Trinajstić information content (AvgIpc) is 3.26. The van der Waals surface area contributed by atoms with Crippen molar-refractivity contribution in [1.29, 1.82) is 0 Å². The Hall–Kier alpha value is 0.290.